The summed E-state index contributed by atoms with van der Waals surface area (Å²) in [5.41, 5.74) is 0.0458. The fourth-order valence-corrected chi connectivity index (χ4v) is 10.2. The molecule has 24 nitrogen and oxygen atoms in total. The fraction of sp³-hybridized carbons (Fsp3) is 0.493. The number of hydrogen-bond donors (Lipinski definition) is 7. The van der Waals surface area contributed by atoms with Gasteiger partial charge in [-0.2, -0.15) is 0 Å². The van der Waals surface area contributed by atoms with Crippen molar-refractivity contribution in [1.29, 1.82) is 0 Å². The van der Waals surface area contributed by atoms with Crippen LogP contribution >= 0.6 is 0 Å². The van der Waals surface area contributed by atoms with Gasteiger partial charge in [0.05, 0.1) is 17.8 Å². The van der Waals surface area contributed by atoms with E-state index in [0.717, 1.165) is 5.56 Å². The highest BCUT2D eigenvalue weighted by Crippen LogP contribution is 2.26. The molecule has 0 saturated carbocycles. The van der Waals surface area contributed by atoms with Crippen molar-refractivity contribution in [3.63, 3.8) is 0 Å². The average Bonchev–Trinajstić information content (AvgIpc) is 1.34. The molecular formula is C67H88N10O14. The van der Waals surface area contributed by atoms with Crippen LogP contribution in [-0.2, 0) is 61.0 Å². The number of pyridine rings is 2. The van der Waals surface area contributed by atoms with Crippen molar-refractivity contribution >= 4 is 70.8 Å². The summed E-state index contributed by atoms with van der Waals surface area (Å²) < 4.78 is 10.6. The van der Waals surface area contributed by atoms with E-state index in [1.54, 1.807) is 127 Å². The van der Waals surface area contributed by atoms with Crippen LogP contribution in [0.4, 0.5) is 9.59 Å². The molecule has 2 aromatic heterocycles. The van der Waals surface area contributed by atoms with Gasteiger partial charge in [-0.15, -0.1) is 0 Å². The van der Waals surface area contributed by atoms with E-state index in [-0.39, 0.29) is 73.7 Å². The van der Waals surface area contributed by atoms with Gasteiger partial charge in [-0.1, -0.05) is 136 Å². The standard InChI is InChI=1S/C34H45N5O7.C33H43N5O7/c1-21(2)18-26(39(6)32(44)29(34(3,4)5)38-33(45)46-20-24-14-10-11-16-35-24)31(43)37-25(19-23-15-17-36-30(23)42)28(41)27(40)22-12-8-7-9-13-22;1-20(2)17-25(37-31(43)28(33(3,4)5)38-32(44)45-19-21-11-14-34-15-12-21)30(42)36-24(18-23-13-16-35-29(23)41)27(40)26(39)22-9-7-6-8-10-22/h7-14,16,21,23,25-26,29H,15,17-20H2,1-6H3,(H,36,42)(H,37,43)(H,38,45);6-12,14-15,20,23-25,28H,13,16-19H2,1-5H3,(H,35,41)(H,36,42)(H,37,43)(H,38,44)/t23?,25?,26?,29-;23-,24?,25?,28+/m10/s1. The number of aromatic nitrogens is 2. The zero-order valence-corrected chi connectivity index (χ0v) is 53.8. The zero-order chi connectivity index (χ0) is 67.2. The Bertz CT molecular complexity index is 3170. The normalized spacial score (nSPS) is 16.5. The smallest absolute Gasteiger partial charge is 0.408 e. The SMILES string of the molecule is CC(C)CC(C(=O)NC(CC1CCNC1=O)C(=O)C(=O)c1ccccc1)N(C)C(=O)[C@@H](NC(=O)OCc1ccccn1)C(C)(C)C.CC(C)CC(NC(=O)[C@@H](NC(=O)OCc1ccncc1)C(C)(C)C)C(=O)NC(C[C@@H]1CCNC1=O)C(=O)C(=O)c1ccccc1. The number of alkyl carbamates (subject to hydrolysis) is 2. The van der Waals surface area contributed by atoms with Crippen LogP contribution in [0.3, 0.4) is 0 Å². The molecule has 2 aliphatic rings. The molecule has 6 rings (SSSR count). The number of hydrogen-bond acceptors (Lipinski definition) is 16. The van der Waals surface area contributed by atoms with Crippen LogP contribution in [0.2, 0.25) is 0 Å². The zero-order valence-electron chi connectivity index (χ0n) is 53.8. The molecule has 0 bridgehead atoms. The Morgan fingerprint density at radius 2 is 0.989 bits per heavy atom. The first-order valence-corrected chi connectivity index (χ1v) is 30.6. The summed E-state index contributed by atoms with van der Waals surface area (Å²) in [6.07, 6.45) is 4.31. The second-order valence-corrected chi connectivity index (χ2v) is 25.8. The van der Waals surface area contributed by atoms with Gasteiger partial charge in [-0.25, -0.2) is 9.59 Å². The summed E-state index contributed by atoms with van der Waals surface area (Å²) >= 11 is 0. The molecule has 24 heteroatoms. The Balaban J connectivity index is 0.000000331. The predicted octanol–water partition coefficient (Wildman–Crippen LogP) is 5.78. The molecule has 91 heavy (non-hydrogen) atoms. The third kappa shape index (κ3) is 22.6. The summed E-state index contributed by atoms with van der Waals surface area (Å²) in [6, 6.07) is 17.7. The molecular weight excluding hydrogens is 1170 g/mol. The summed E-state index contributed by atoms with van der Waals surface area (Å²) in [5.74, 6) is -7.47. The van der Waals surface area contributed by atoms with Gasteiger partial charge in [0.2, 0.25) is 58.6 Å². The van der Waals surface area contributed by atoms with E-state index in [1.165, 1.54) is 36.2 Å². The lowest BCUT2D eigenvalue weighted by atomic mass is 9.85. The number of ketones is 4. The van der Waals surface area contributed by atoms with Crippen LogP contribution in [-0.4, -0.2) is 142 Å². The van der Waals surface area contributed by atoms with Crippen LogP contribution in [0.1, 0.15) is 140 Å². The summed E-state index contributed by atoms with van der Waals surface area (Å²) in [6.45, 7) is 18.9. The molecule has 0 aliphatic carbocycles. The lowest BCUT2D eigenvalue weighted by Gasteiger charge is -2.37. The number of likely N-dealkylation sites (N-methyl/N-ethyl adjacent to an activating group) is 1. The number of Topliss-reactive ketones (excluding diaryl/α,β-unsaturated/α-hetero) is 4. The number of carbonyl (C=O) groups excluding carboxylic acids is 12. The number of nitrogens with zero attached hydrogens (tertiary/aromatic N) is 3. The van der Waals surface area contributed by atoms with E-state index in [2.05, 4.69) is 47.2 Å². The first-order valence-electron chi connectivity index (χ1n) is 30.6. The van der Waals surface area contributed by atoms with E-state index in [4.69, 9.17) is 9.47 Å². The van der Waals surface area contributed by atoms with Crippen molar-refractivity contribution < 1.29 is 67.0 Å². The van der Waals surface area contributed by atoms with Gasteiger partial charge in [0.1, 0.15) is 37.4 Å². The topological polar surface area (TPSA) is 337 Å². The summed E-state index contributed by atoms with van der Waals surface area (Å²) in [4.78, 5) is 168. The van der Waals surface area contributed by atoms with Gasteiger partial charge < -0.3 is 51.6 Å². The highest BCUT2D eigenvalue weighted by molar-refractivity contribution is 6.46. The molecule has 2 aliphatic heterocycles. The van der Waals surface area contributed by atoms with E-state index in [0.29, 0.717) is 31.6 Å². The van der Waals surface area contributed by atoms with E-state index in [1.807, 2.05) is 27.7 Å². The van der Waals surface area contributed by atoms with Crippen LogP contribution in [0.5, 0.6) is 0 Å². The Labute approximate surface area is 531 Å². The molecule has 4 heterocycles. The Hall–Kier alpha value is -9.22. The van der Waals surface area contributed by atoms with Gasteiger partial charge >= 0.3 is 12.2 Å². The number of rotatable bonds is 28. The molecule has 7 N–H and O–H groups in total. The van der Waals surface area contributed by atoms with E-state index in [9.17, 15) is 57.5 Å². The third-order valence-corrected chi connectivity index (χ3v) is 15.3. The lowest BCUT2D eigenvalue weighted by Crippen LogP contribution is -2.59. The van der Waals surface area contributed by atoms with Crippen LogP contribution in [0.15, 0.2) is 110 Å². The largest absolute Gasteiger partial charge is 0.445 e. The van der Waals surface area contributed by atoms with Gasteiger partial charge in [-0.05, 0) is 91.0 Å². The molecule has 2 aromatic carbocycles. The van der Waals surface area contributed by atoms with Crippen molar-refractivity contribution in [3.05, 3.63) is 132 Å². The summed E-state index contributed by atoms with van der Waals surface area (Å²) in [5, 5.41) is 18.8. The maximum absolute atomic E-state index is 14.0. The van der Waals surface area contributed by atoms with Crippen molar-refractivity contribution in [1.82, 2.24) is 52.1 Å². The monoisotopic (exact) mass is 1260 g/mol. The molecule has 0 radical (unpaired) electrons. The van der Waals surface area contributed by atoms with Crippen molar-refractivity contribution in [2.75, 3.05) is 20.1 Å². The Morgan fingerprint density at radius 1 is 0.538 bits per heavy atom. The molecule has 8 atom stereocenters. The van der Waals surface area contributed by atoms with Crippen molar-refractivity contribution in [3.8, 4) is 0 Å². The number of carbonyl (C=O) groups is 12. The van der Waals surface area contributed by atoms with Gasteiger partial charge in [0.25, 0.3) is 0 Å². The first-order chi connectivity index (χ1) is 42.9. The van der Waals surface area contributed by atoms with Crippen LogP contribution < -0.4 is 37.2 Å². The van der Waals surface area contributed by atoms with Crippen LogP contribution in [0, 0.1) is 34.5 Å². The summed E-state index contributed by atoms with van der Waals surface area (Å²) in [7, 11) is 1.46. The Morgan fingerprint density at radius 3 is 1.43 bits per heavy atom. The Kier molecular flexibility index (Phi) is 27.2. The van der Waals surface area contributed by atoms with Crippen LogP contribution in [0.25, 0.3) is 0 Å². The second kappa shape index (κ2) is 34.1. The minimum atomic E-state index is -1.29. The quantitative estimate of drug-likeness (QED) is 0.0262. The number of amides is 8. The fourth-order valence-electron chi connectivity index (χ4n) is 10.2. The number of benzene rings is 2. The van der Waals surface area contributed by atoms with Gasteiger partial charge in [0, 0.05) is 61.7 Å². The maximum Gasteiger partial charge on any atom is 0.408 e. The van der Waals surface area contributed by atoms with Gasteiger partial charge in [-0.3, -0.25) is 57.9 Å². The number of nitrogens with one attached hydrogen (secondary N) is 7. The maximum atomic E-state index is 14.0. The average molecular weight is 1260 g/mol. The van der Waals surface area contributed by atoms with Gasteiger partial charge in [0.15, 0.2) is 0 Å². The minimum Gasteiger partial charge on any atom is -0.445 e. The highest BCUT2D eigenvalue weighted by Gasteiger charge is 2.43. The molecule has 5 unspecified atom stereocenters. The third-order valence-electron chi connectivity index (χ3n) is 15.3. The molecule has 4 aromatic rings. The lowest BCUT2D eigenvalue weighted by molar-refractivity contribution is -0.143. The highest BCUT2D eigenvalue weighted by atomic mass is 16.6. The molecule has 0 spiro atoms. The number of ether oxygens (including phenoxy) is 2. The molecule has 2 fully saturated rings. The molecule has 490 valence electrons. The van der Waals surface area contributed by atoms with Crippen molar-refractivity contribution in [2.45, 2.75) is 157 Å². The van der Waals surface area contributed by atoms with E-state index >= 15 is 0 Å². The first kappa shape index (κ1) is 72.5. The predicted molar refractivity (Wildman–Crippen MR) is 336 cm³/mol. The van der Waals surface area contributed by atoms with Crippen molar-refractivity contribution in [2.24, 2.45) is 34.5 Å². The van der Waals surface area contributed by atoms with E-state index < -0.39 is 118 Å². The molecule has 2 saturated heterocycles. The molecule has 8 amide bonds. The minimum absolute atomic E-state index is 0.0264. The second-order valence-electron chi connectivity index (χ2n) is 25.8.